The maximum absolute atomic E-state index is 12.6. The number of hydrogen-bond donors (Lipinski definition) is 4. The minimum Gasteiger partial charge on any atom is -0.508 e. The highest BCUT2D eigenvalue weighted by atomic mass is 16.5. The zero-order chi connectivity index (χ0) is 19.8. The predicted octanol–water partition coefficient (Wildman–Crippen LogP) is 3.38. The van der Waals surface area contributed by atoms with Crippen molar-refractivity contribution >= 4 is 5.78 Å². The highest BCUT2D eigenvalue weighted by molar-refractivity contribution is 6.03. The molecule has 6 heteroatoms. The van der Waals surface area contributed by atoms with Gasteiger partial charge in [-0.1, -0.05) is 24.3 Å². The molecule has 0 aliphatic carbocycles. The fraction of sp³-hybridized carbons (Fsp3) is 0.286. The molecule has 0 amide bonds. The van der Waals surface area contributed by atoms with Crippen molar-refractivity contribution in [1.82, 2.24) is 0 Å². The lowest BCUT2D eigenvalue weighted by atomic mass is 9.92. The number of benzene rings is 2. The summed E-state index contributed by atoms with van der Waals surface area (Å²) in [6.45, 7) is 3.24. The van der Waals surface area contributed by atoms with Gasteiger partial charge in [0.05, 0.1) is 12.0 Å². The molecule has 0 bridgehead atoms. The molecule has 3 rings (SSSR count). The Morgan fingerprint density at radius 2 is 1.81 bits per heavy atom. The van der Waals surface area contributed by atoms with Crippen LogP contribution < -0.4 is 4.74 Å². The molecule has 4 N–H and O–H groups in total. The zero-order valence-electron chi connectivity index (χ0n) is 15.1. The summed E-state index contributed by atoms with van der Waals surface area (Å²) in [5, 5.41) is 39.7. The second kappa shape index (κ2) is 6.96. The number of Topliss-reactive ketones (excluding diaryl/α,β-unsaturated/α-hetero) is 1. The van der Waals surface area contributed by atoms with E-state index in [9.17, 15) is 25.2 Å². The Kier molecular flexibility index (Phi) is 4.85. The first-order valence-corrected chi connectivity index (χ1v) is 8.62. The largest absolute Gasteiger partial charge is 0.508 e. The van der Waals surface area contributed by atoms with Crippen molar-refractivity contribution in [2.45, 2.75) is 38.4 Å². The van der Waals surface area contributed by atoms with Crippen LogP contribution in [0.5, 0.6) is 23.0 Å². The molecule has 0 radical (unpaired) electrons. The Labute approximate surface area is 157 Å². The van der Waals surface area contributed by atoms with Crippen LogP contribution >= 0.6 is 0 Å². The number of fused-ring (bicyclic) bond motifs is 1. The number of ether oxygens (including phenoxy) is 1. The van der Waals surface area contributed by atoms with Crippen LogP contribution in [0.2, 0.25) is 0 Å². The van der Waals surface area contributed by atoms with Crippen LogP contribution in [0.1, 0.15) is 47.9 Å². The SMILES string of the molecule is CC(C)(O)/C=C/Cc1c(O)cc(O)c2c1O[C@H](c1ccc(O)cc1)CC2=O. The maximum atomic E-state index is 12.6. The number of rotatable bonds is 4. The van der Waals surface area contributed by atoms with Crippen LogP contribution in [0.15, 0.2) is 42.5 Å². The molecule has 6 nitrogen and oxygen atoms in total. The quantitative estimate of drug-likeness (QED) is 0.615. The zero-order valence-corrected chi connectivity index (χ0v) is 15.1. The molecular formula is C21H22O6. The van der Waals surface area contributed by atoms with Crippen LogP contribution in [0.4, 0.5) is 0 Å². The highest BCUT2D eigenvalue weighted by Gasteiger charge is 2.33. The molecule has 1 aliphatic heterocycles. The molecule has 0 aromatic heterocycles. The van der Waals surface area contributed by atoms with Gasteiger partial charge in [-0.3, -0.25) is 4.79 Å². The molecule has 2 aromatic carbocycles. The second-order valence-electron chi connectivity index (χ2n) is 7.18. The number of carbonyl (C=O) groups excluding carboxylic acids is 1. The summed E-state index contributed by atoms with van der Waals surface area (Å²) in [4.78, 5) is 12.6. The number of aliphatic hydroxyl groups is 1. The van der Waals surface area contributed by atoms with E-state index in [-0.39, 0.29) is 47.2 Å². The fourth-order valence-corrected chi connectivity index (χ4v) is 3.06. The maximum Gasteiger partial charge on any atom is 0.174 e. The first-order valence-electron chi connectivity index (χ1n) is 8.62. The molecule has 1 heterocycles. The van der Waals surface area contributed by atoms with E-state index in [1.807, 2.05) is 0 Å². The number of carbonyl (C=O) groups is 1. The van der Waals surface area contributed by atoms with Gasteiger partial charge in [0.25, 0.3) is 0 Å². The Hall–Kier alpha value is -2.99. The lowest BCUT2D eigenvalue weighted by molar-refractivity contribution is 0.0842. The molecule has 0 saturated carbocycles. The third-order valence-electron chi connectivity index (χ3n) is 4.36. The molecule has 1 aliphatic rings. The van der Waals surface area contributed by atoms with Crippen molar-refractivity contribution in [2.75, 3.05) is 0 Å². The average Bonchev–Trinajstić information content (AvgIpc) is 2.56. The number of allylic oxidation sites excluding steroid dienone is 1. The van der Waals surface area contributed by atoms with Gasteiger partial charge in [0.2, 0.25) is 0 Å². The summed E-state index contributed by atoms with van der Waals surface area (Å²) in [6.07, 6.45) is 2.91. The van der Waals surface area contributed by atoms with Crippen LogP contribution in [0.3, 0.4) is 0 Å². The predicted molar refractivity (Wildman–Crippen MR) is 99.3 cm³/mol. The summed E-state index contributed by atoms with van der Waals surface area (Å²) in [6, 6.07) is 7.47. The fourth-order valence-electron chi connectivity index (χ4n) is 3.06. The van der Waals surface area contributed by atoms with Gasteiger partial charge in [0.15, 0.2) is 5.78 Å². The molecule has 27 heavy (non-hydrogen) atoms. The van der Waals surface area contributed by atoms with Gasteiger partial charge >= 0.3 is 0 Å². The van der Waals surface area contributed by atoms with Crippen molar-refractivity contribution in [2.24, 2.45) is 0 Å². The minimum atomic E-state index is -1.02. The number of ketones is 1. The van der Waals surface area contributed by atoms with E-state index in [1.165, 1.54) is 12.1 Å². The van der Waals surface area contributed by atoms with E-state index in [2.05, 4.69) is 0 Å². The van der Waals surface area contributed by atoms with Crippen molar-refractivity contribution in [1.29, 1.82) is 0 Å². The normalized spacial score (nSPS) is 17.0. The third-order valence-corrected chi connectivity index (χ3v) is 4.36. The van der Waals surface area contributed by atoms with Crippen molar-refractivity contribution in [3.8, 4) is 23.0 Å². The van der Waals surface area contributed by atoms with E-state index < -0.39 is 11.7 Å². The van der Waals surface area contributed by atoms with Crippen LogP contribution in [0, 0.1) is 0 Å². The van der Waals surface area contributed by atoms with Gasteiger partial charge in [-0.05, 0) is 38.0 Å². The van der Waals surface area contributed by atoms with Gasteiger partial charge in [0, 0.05) is 11.6 Å². The van der Waals surface area contributed by atoms with Crippen LogP contribution in [0.25, 0.3) is 0 Å². The smallest absolute Gasteiger partial charge is 0.174 e. The summed E-state index contributed by atoms with van der Waals surface area (Å²) in [7, 11) is 0. The highest BCUT2D eigenvalue weighted by Crippen LogP contribution is 2.45. The summed E-state index contributed by atoms with van der Waals surface area (Å²) < 4.78 is 5.98. The van der Waals surface area contributed by atoms with Crippen molar-refractivity contribution in [3.63, 3.8) is 0 Å². The standard InChI is InChI=1S/C21H22O6/c1-21(2,26)9-3-4-14-15(23)10-16(24)19-17(25)11-18(27-20(14)19)12-5-7-13(22)8-6-12/h3,5-10,18,22-24,26H,4,11H2,1-2H3/b9-3+/t18-/m0/s1. The molecule has 1 atom stereocenters. The third kappa shape index (κ3) is 4.06. The van der Waals surface area contributed by atoms with E-state index in [1.54, 1.807) is 38.1 Å². The number of phenolic OH excluding ortho intramolecular Hbond substituents is 3. The van der Waals surface area contributed by atoms with E-state index in [4.69, 9.17) is 4.74 Å². The molecule has 0 fully saturated rings. The Balaban J connectivity index is 2.01. The monoisotopic (exact) mass is 370 g/mol. The van der Waals surface area contributed by atoms with Crippen molar-refractivity contribution in [3.05, 3.63) is 59.2 Å². The van der Waals surface area contributed by atoms with Gasteiger partial charge in [-0.15, -0.1) is 0 Å². The van der Waals surface area contributed by atoms with E-state index >= 15 is 0 Å². The molecule has 0 saturated heterocycles. The summed E-state index contributed by atoms with van der Waals surface area (Å²) in [5.41, 5.74) is 0.0972. The molecule has 0 spiro atoms. The van der Waals surface area contributed by atoms with E-state index in [0.717, 1.165) is 6.07 Å². The molecule has 142 valence electrons. The Morgan fingerprint density at radius 1 is 1.15 bits per heavy atom. The topological polar surface area (TPSA) is 107 Å². The number of phenols is 3. The van der Waals surface area contributed by atoms with E-state index in [0.29, 0.717) is 11.1 Å². The second-order valence-corrected chi connectivity index (χ2v) is 7.18. The molecule has 2 aromatic rings. The van der Waals surface area contributed by atoms with Crippen molar-refractivity contribution < 1.29 is 30.0 Å². The van der Waals surface area contributed by atoms with Gasteiger partial charge in [-0.2, -0.15) is 0 Å². The van der Waals surface area contributed by atoms with Crippen LogP contribution in [-0.2, 0) is 6.42 Å². The lowest BCUT2D eigenvalue weighted by Crippen LogP contribution is -2.21. The van der Waals surface area contributed by atoms with Crippen LogP contribution in [-0.4, -0.2) is 31.8 Å². The van der Waals surface area contributed by atoms with Gasteiger partial charge in [0.1, 0.15) is 34.7 Å². The lowest BCUT2D eigenvalue weighted by Gasteiger charge is -2.28. The Bertz CT molecular complexity index is 890. The first-order chi connectivity index (χ1) is 12.7. The number of aromatic hydroxyl groups is 3. The molecule has 0 unspecified atom stereocenters. The molecular weight excluding hydrogens is 348 g/mol. The first kappa shape index (κ1) is 18.8. The number of hydrogen-bond acceptors (Lipinski definition) is 6. The minimum absolute atomic E-state index is 0.0368. The summed E-state index contributed by atoms with van der Waals surface area (Å²) in [5.74, 6) is -0.562. The average molecular weight is 370 g/mol. The van der Waals surface area contributed by atoms with Gasteiger partial charge in [-0.25, -0.2) is 0 Å². The summed E-state index contributed by atoms with van der Waals surface area (Å²) >= 11 is 0. The van der Waals surface area contributed by atoms with Gasteiger partial charge < -0.3 is 25.2 Å². The Morgan fingerprint density at radius 3 is 2.44 bits per heavy atom.